The Bertz CT molecular complexity index is 462. The van der Waals surface area contributed by atoms with Crippen LogP contribution in [0.1, 0.15) is 23.7 Å². The molecule has 0 aliphatic rings. The maximum atomic E-state index is 13.3. The number of nitrogens with zero attached hydrogens (tertiary/aromatic N) is 1. The zero-order valence-electron chi connectivity index (χ0n) is 9.15. The normalized spacial score (nSPS) is 11.4. The van der Waals surface area contributed by atoms with Crippen LogP contribution in [0.3, 0.4) is 0 Å². The lowest BCUT2D eigenvalue weighted by Crippen LogP contribution is -2.20. The van der Waals surface area contributed by atoms with Crippen molar-refractivity contribution in [2.45, 2.75) is 19.5 Å². The standard InChI is InChI=1S/C10H8ClF4NO2/c1-2-7(17)5-3-6(12)9(16-8(5)11)18-4-10(13,14)15/h3H,2,4H2,1H3. The van der Waals surface area contributed by atoms with Crippen LogP contribution in [0.5, 0.6) is 5.88 Å². The van der Waals surface area contributed by atoms with Crippen LogP contribution in [0.2, 0.25) is 5.15 Å². The van der Waals surface area contributed by atoms with Crippen LogP contribution in [-0.2, 0) is 0 Å². The molecule has 0 aliphatic heterocycles. The van der Waals surface area contributed by atoms with E-state index in [2.05, 4.69) is 9.72 Å². The SMILES string of the molecule is CCC(=O)c1cc(F)c(OCC(F)(F)F)nc1Cl. The van der Waals surface area contributed by atoms with Gasteiger partial charge in [-0.2, -0.15) is 18.2 Å². The first-order valence-corrected chi connectivity index (χ1v) is 5.21. The molecular formula is C10H8ClF4NO2. The van der Waals surface area contributed by atoms with Crippen molar-refractivity contribution in [3.05, 3.63) is 22.6 Å². The predicted octanol–water partition coefficient (Wildman–Crippen LogP) is 3.41. The molecule has 100 valence electrons. The summed E-state index contributed by atoms with van der Waals surface area (Å²) in [5, 5.41) is -0.388. The lowest BCUT2D eigenvalue weighted by molar-refractivity contribution is -0.154. The smallest absolute Gasteiger partial charge is 0.422 e. The highest BCUT2D eigenvalue weighted by Crippen LogP contribution is 2.25. The number of pyridine rings is 1. The third-order valence-corrected chi connectivity index (χ3v) is 2.18. The lowest BCUT2D eigenvalue weighted by atomic mass is 10.1. The van der Waals surface area contributed by atoms with Crippen LogP contribution in [0.15, 0.2) is 6.07 Å². The largest absolute Gasteiger partial charge is 0.466 e. The molecule has 0 unspecified atom stereocenters. The molecule has 1 heterocycles. The summed E-state index contributed by atoms with van der Waals surface area (Å²) in [7, 11) is 0. The fourth-order valence-electron chi connectivity index (χ4n) is 1.09. The van der Waals surface area contributed by atoms with Crippen LogP contribution in [0, 0.1) is 5.82 Å². The maximum absolute atomic E-state index is 13.3. The minimum atomic E-state index is -4.61. The summed E-state index contributed by atoms with van der Waals surface area (Å²) < 4.78 is 53.1. The monoisotopic (exact) mass is 285 g/mol. The minimum absolute atomic E-state index is 0.0730. The number of hydrogen-bond donors (Lipinski definition) is 0. The number of Topliss-reactive ketones (excluding diaryl/α,β-unsaturated/α-hetero) is 1. The van der Waals surface area contributed by atoms with Gasteiger partial charge in [0.05, 0.1) is 5.56 Å². The molecule has 18 heavy (non-hydrogen) atoms. The number of aromatic nitrogens is 1. The van der Waals surface area contributed by atoms with Crippen molar-refractivity contribution >= 4 is 17.4 Å². The number of rotatable bonds is 4. The highest BCUT2D eigenvalue weighted by atomic mass is 35.5. The van der Waals surface area contributed by atoms with Crippen molar-refractivity contribution in [1.82, 2.24) is 4.98 Å². The number of carbonyl (C=O) groups is 1. The Balaban J connectivity index is 2.97. The van der Waals surface area contributed by atoms with E-state index in [-0.39, 0.29) is 17.1 Å². The molecule has 0 bridgehead atoms. The van der Waals surface area contributed by atoms with Gasteiger partial charge in [-0.25, -0.2) is 4.39 Å². The van der Waals surface area contributed by atoms with Gasteiger partial charge in [0.2, 0.25) is 0 Å². The van der Waals surface area contributed by atoms with E-state index >= 15 is 0 Å². The van der Waals surface area contributed by atoms with Gasteiger partial charge < -0.3 is 4.74 Å². The summed E-state index contributed by atoms with van der Waals surface area (Å²) in [6.45, 7) is -0.154. The van der Waals surface area contributed by atoms with E-state index < -0.39 is 30.3 Å². The van der Waals surface area contributed by atoms with E-state index in [9.17, 15) is 22.4 Å². The van der Waals surface area contributed by atoms with Gasteiger partial charge in [0.15, 0.2) is 18.2 Å². The van der Waals surface area contributed by atoms with E-state index in [4.69, 9.17) is 11.6 Å². The number of hydrogen-bond acceptors (Lipinski definition) is 3. The summed E-state index contributed by atoms with van der Waals surface area (Å²) in [4.78, 5) is 14.6. The Morgan fingerprint density at radius 3 is 2.61 bits per heavy atom. The van der Waals surface area contributed by atoms with Gasteiger partial charge in [0.1, 0.15) is 5.15 Å². The van der Waals surface area contributed by atoms with Crippen molar-refractivity contribution in [3.63, 3.8) is 0 Å². The Labute approximate surface area is 105 Å². The summed E-state index contributed by atoms with van der Waals surface area (Å²) in [6, 6.07) is 0.715. The zero-order valence-corrected chi connectivity index (χ0v) is 9.90. The molecule has 0 aliphatic carbocycles. The summed E-state index contributed by atoms with van der Waals surface area (Å²) in [5.41, 5.74) is -0.184. The van der Waals surface area contributed by atoms with Gasteiger partial charge in [-0.1, -0.05) is 18.5 Å². The van der Waals surface area contributed by atoms with E-state index in [1.807, 2.05) is 0 Å². The molecule has 1 aromatic heterocycles. The average molecular weight is 286 g/mol. The van der Waals surface area contributed by atoms with Gasteiger partial charge in [0.25, 0.3) is 5.88 Å². The second-order valence-electron chi connectivity index (χ2n) is 3.29. The molecule has 0 spiro atoms. The highest BCUT2D eigenvalue weighted by Gasteiger charge is 2.29. The van der Waals surface area contributed by atoms with Gasteiger partial charge in [-0.3, -0.25) is 4.79 Å². The van der Waals surface area contributed by atoms with E-state index in [0.717, 1.165) is 0 Å². The first-order valence-electron chi connectivity index (χ1n) is 4.83. The van der Waals surface area contributed by atoms with Gasteiger partial charge in [-0.15, -0.1) is 0 Å². The van der Waals surface area contributed by atoms with E-state index in [1.165, 1.54) is 6.92 Å². The number of halogens is 5. The van der Waals surface area contributed by atoms with Crippen molar-refractivity contribution in [2.24, 2.45) is 0 Å². The molecule has 0 radical (unpaired) electrons. The first kappa shape index (κ1) is 14.7. The van der Waals surface area contributed by atoms with Crippen molar-refractivity contribution < 1.29 is 27.1 Å². The van der Waals surface area contributed by atoms with Crippen LogP contribution in [-0.4, -0.2) is 23.6 Å². The molecule has 0 fully saturated rings. The Hall–Kier alpha value is -1.37. The van der Waals surface area contributed by atoms with Crippen molar-refractivity contribution in [1.29, 1.82) is 0 Å². The topological polar surface area (TPSA) is 39.2 Å². The highest BCUT2D eigenvalue weighted by molar-refractivity contribution is 6.32. The van der Waals surface area contributed by atoms with Crippen LogP contribution >= 0.6 is 11.6 Å². The van der Waals surface area contributed by atoms with Crippen LogP contribution < -0.4 is 4.74 Å². The van der Waals surface area contributed by atoms with E-state index in [1.54, 1.807) is 0 Å². The molecule has 1 aromatic rings. The van der Waals surface area contributed by atoms with Gasteiger partial charge >= 0.3 is 6.18 Å². The number of alkyl halides is 3. The minimum Gasteiger partial charge on any atom is -0.466 e. The number of ether oxygens (including phenoxy) is 1. The third kappa shape index (κ3) is 3.83. The second kappa shape index (κ2) is 5.51. The molecule has 0 saturated heterocycles. The van der Waals surface area contributed by atoms with Gasteiger partial charge in [0, 0.05) is 6.42 Å². The Morgan fingerprint density at radius 1 is 1.50 bits per heavy atom. The Morgan fingerprint density at radius 2 is 2.11 bits per heavy atom. The molecule has 0 N–H and O–H groups in total. The molecule has 0 aromatic carbocycles. The molecule has 1 rings (SSSR count). The third-order valence-electron chi connectivity index (χ3n) is 1.89. The van der Waals surface area contributed by atoms with Gasteiger partial charge in [-0.05, 0) is 6.07 Å². The maximum Gasteiger partial charge on any atom is 0.422 e. The predicted molar refractivity (Wildman–Crippen MR) is 55.4 cm³/mol. The lowest BCUT2D eigenvalue weighted by Gasteiger charge is -2.10. The fourth-order valence-corrected chi connectivity index (χ4v) is 1.32. The van der Waals surface area contributed by atoms with Crippen molar-refractivity contribution in [3.8, 4) is 5.88 Å². The quantitative estimate of drug-likeness (QED) is 0.483. The molecule has 0 saturated carbocycles. The molecule has 0 atom stereocenters. The molecular weight excluding hydrogens is 278 g/mol. The molecule has 8 heteroatoms. The van der Waals surface area contributed by atoms with E-state index in [0.29, 0.717) is 6.07 Å². The summed E-state index contributed by atoms with van der Waals surface area (Å²) >= 11 is 5.57. The number of carbonyl (C=O) groups excluding carboxylic acids is 1. The summed E-state index contributed by atoms with van der Waals surface area (Å²) in [5.74, 6) is -2.51. The second-order valence-corrected chi connectivity index (χ2v) is 3.65. The summed E-state index contributed by atoms with van der Waals surface area (Å²) in [6.07, 6.45) is -4.54. The average Bonchev–Trinajstić information content (AvgIpc) is 2.27. The van der Waals surface area contributed by atoms with Crippen LogP contribution in [0.4, 0.5) is 17.6 Å². The fraction of sp³-hybridized carbons (Fsp3) is 0.400. The Kier molecular flexibility index (Phi) is 4.50. The molecule has 3 nitrogen and oxygen atoms in total. The molecule has 0 amide bonds. The zero-order chi connectivity index (χ0) is 13.9. The first-order chi connectivity index (χ1) is 8.24. The number of ketones is 1. The van der Waals surface area contributed by atoms with Crippen LogP contribution in [0.25, 0.3) is 0 Å². The van der Waals surface area contributed by atoms with Crippen molar-refractivity contribution in [2.75, 3.05) is 6.61 Å².